The maximum atomic E-state index is 12.3. The van der Waals surface area contributed by atoms with Crippen LogP contribution in [0.4, 0.5) is 5.69 Å². The Kier molecular flexibility index (Phi) is 5.42. The lowest BCUT2D eigenvalue weighted by Crippen LogP contribution is -2.14. The maximum absolute atomic E-state index is 12.3. The van der Waals surface area contributed by atoms with Crippen molar-refractivity contribution in [3.8, 4) is 5.69 Å². The van der Waals surface area contributed by atoms with E-state index in [0.29, 0.717) is 0 Å². The number of nitrogens with zero attached hydrogens (tertiary/aromatic N) is 3. The summed E-state index contributed by atoms with van der Waals surface area (Å²) in [6.07, 6.45) is 0. The van der Waals surface area contributed by atoms with Gasteiger partial charge in [-0.25, -0.2) is 0 Å². The summed E-state index contributed by atoms with van der Waals surface area (Å²) in [6.45, 7) is 8.11. The maximum Gasteiger partial charge on any atom is 0.234 e. The molecule has 0 fully saturated rings. The Labute approximate surface area is 157 Å². The molecule has 0 aliphatic rings. The number of aromatic nitrogens is 3. The number of hydrogen-bond donors (Lipinski definition) is 1. The van der Waals surface area contributed by atoms with Gasteiger partial charge in [-0.15, -0.1) is 10.2 Å². The van der Waals surface area contributed by atoms with Crippen LogP contribution in [0.5, 0.6) is 0 Å². The fraction of sp³-hybridized carbons (Fsp3) is 0.250. The second-order valence-corrected chi connectivity index (χ2v) is 7.23. The third-order valence-corrected chi connectivity index (χ3v) is 5.21. The Morgan fingerprint density at radius 2 is 1.77 bits per heavy atom. The average Bonchev–Trinajstić information content (AvgIpc) is 2.98. The predicted octanol–water partition coefficient (Wildman–Crippen LogP) is 4.23. The molecule has 1 aromatic heterocycles. The zero-order valence-electron chi connectivity index (χ0n) is 15.4. The molecule has 0 radical (unpaired) electrons. The Hall–Kier alpha value is -2.60. The van der Waals surface area contributed by atoms with Crippen LogP contribution in [-0.2, 0) is 4.79 Å². The van der Waals surface area contributed by atoms with E-state index in [1.807, 2.05) is 48.7 Å². The lowest BCUT2D eigenvalue weighted by Gasteiger charge is -2.13. The van der Waals surface area contributed by atoms with Crippen molar-refractivity contribution in [2.75, 3.05) is 11.1 Å². The highest BCUT2D eigenvalue weighted by molar-refractivity contribution is 7.99. The lowest BCUT2D eigenvalue weighted by molar-refractivity contribution is -0.113. The summed E-state index contributed by atoms with van der Waals surface area (Å²) in [5, 5.41) is 12.1. The number of carbonyl (C=O) groups excluding carboxylic acids is 1. The van der Waals surface area contributed by atoms with Crippen molar-refractivity contribution in [3.05, 3.63) is 65.0 Å². The van der Waals surface area contributed by atoms with Crippen LogP contribution in [0.15, 0.2) is 47.6 Å². The second kappa shape index (κ2) is 7.74. The molecule has 0 aliphatic heterocycles. The highest BCUT2D eigenvalue weighted by atomic mass is 32.2. The van der Waals surface area contributed by atoms with E-state index in [0.717, 1.165) is 27.9 Å². The molecule has 26 heavy (non-hydrogen) atoms. The van der Waals surface area contributed by atoms with Crippen molar-refractivity contribution in [1.29, 1.82) is 0 Å². The average molecular weight is 366 g/mol. The van der Waals surface area contributed by atoms with E-state index in [4.69, 9.17) is 0 Å². The minimum Gasteiger partial charge on any atom is -0.325 e. The SMILES string of the molecule is Cc1ccc(NC(=O)CSc2nnc(C)n2-c2cccc(C)c2C)cc1. The summed E-state index contributed by atoms with van der Waals surface area (Å²) < 4.78 is 2.01. The van der Waals surface area contributed by atoms with Gasteiger partial charge in [-0.2, -0.15) is 0 Å². The predicted molar refractivity (Wildman–Crippen MR) is 106 cm³/mol. The molecule has 3 rings (SSSR count). The first-order valence-electron chi connectivity index (χ1n) is 8.43. The molecule has 6 heteroatoms. The number of hydrogen-bond acceptors (Lipinski definition) is 4. The van der Waals surface area contributed by atoms with Crippen molar-refractivity contribution in [2.45, 2.75) is 32.9 Å². The van der Waals surface area contributed by atoms with E-state index >= 15 is 0 Å². The minimum atomic E-state index is -0.0629. The van der Waals surface area contributed by atoms with Crippen LogP contribution in [0.1, 0.15) is 22.5 Å². The second-order valence-electron chi connectivity index (χ2n) is 6.29. The minimum absolute atomic E-state index is 0.0629. The van der Waals surface area contributed by atoms with E-state index in [2.05, 4.69) is 41.5 Å². The van der Waals surface area contributed by atoms with Crippen LogP contribution < -0.4 is 5.32 Å². The van der Waals surface area contributed by atoms with Gasteiger partial charge in [-0.1, -0.05) is 41.6 Å². The topological polar surface area (TPSA) is 59.8 Å². The van der Waals surface area contributed by atoms with E-state index in [1.54, 1.807) is 0 Å². The molecule has 5 nitrogen and oxygen atoms in total. The summed E-state index contributed by atoms with van der Waals surface area (Å²) in [5.41, 5.74) is 5.40. The first-order chi connectivity index (χ1) is 12.5. The molecular formula is C20H22N4OS. The van der Waals surface area contributed by atoms with Crippen LogP contribution in [0.2, 0.25) is 0 Å². The number of thioether (sulfide) groups is 1. The third kappa shape index (κ3) is 3.96. The molecule has 0 atom stereocenters. The molecule has 0 bridgehead atoms. The fourth-order valence-electron chi connectivity index (χ4n) is 2.66. The smallest absolute Gasteiger partial charge is 0.234 e. The standard InChI is InChI=1S/C20H22N4OS/c1-13-8-10-17(11-9-13)21-19(25)12-26-20-23-22-16(4)24(20)18-7-5-6-14(2)15(18)3/h5-11H,12H2,1-4H3,(H,21,25). The normalized spacial score (nSPS) is 10.8. The van der Waals surface area contributed by atoms with Gasteiger partial charge < -0.3 is 5.32 Å². The van der Waals surface area contributed by atoms with Crippen LogP contribution in [-0.4, -0.2) is 26.4 Å². The molecule has 134 valence electrons. The largest absolute Gasteiger partial charge is 0.325 e. The van der Waals surface area contributed by atoms with Crippen molar-refractivity contribution in [1.82, 2.24) is 14.8 Å². The molecule has 0 saturated carbocycles. The van der Waals surface area contributed by atoms with Gasteiger partial charge in [0, 0.05) is 5.69 Å². The molecule has 0 saturated heterocycles. The number of aryl methyl sites for hydroxylation is 3. The zero-order valence-corrected chi connectivity index (χ0v) is 16.2. The Morgan fingerprint density at radius 1 is 1.04 bits per heavy atom. The van der Waals surface area contributed by atoms with Gasteiger partial charge in [-0.3, -0.25) is 9.36 Å². The Bertz CT molecular complexity index is 931. The molecule has 0 spiro atoms. The van der Waals surface area contributed by atoms with Crippen LogP contribution in [0.3, 0.4) is 0 Å². The molecule has 2 aromatic carbocycles. The summed E-state index contributed by atoms with van der Waals surface area (Å²) in [4.78, 5) is 12.3. The molecular weight excluding hydrogens is 344 g/mol. The number of benzene rings is 2. The highest BCUT2D eigenvalue weighted by Gasteiger charge is 2.15. The van der Waals surface area contributed by atoms with Gasteiger partial charge >= 0.3 is 0 Å². The number of carbonyl (C=O) groups is 1. The first-order valence-corrected chi connectivity index (χ1v) is 9.42. The van der Waals surface area contributed by atoms with E-state index in [1.165, 1.54) is 22.9 Å². The van der Waals surface area contributed by atoms with Crippen molar-refractivity contribution in [2.24, 2.45) is 0 Å². The fourth-order valence-corrected chi connectivity index (χ4v) is 3.45. The van der Waals surface area contributed by atoms with Crippen LogP contribution in [0.25, 0.3) is 5.69 Å². The van der Waals surface area contributed by atoms with Gasteiger partial charge in [0.15, 0.2) is 5.16 Å². The summed E-state index contributed by atoms with van der Waals surface area (Å²) in [5.74, 6) is 1.02. The van der Waals surface area contributed by atoms with Gasteiger partial charge in [0.05, 0.1) is 11.4 Å². The van der Waals surface area contributed by atoms with Gasteiger partial charge in [0.2, 0.25) is 5.91 Å². The number of nitrogens with one attached hydrogen (secondary N) is 1. The highest BCUT2D eigenvalue weighted by Crippen LogP contribution is 2.25. The molecule has 0 aliphatic carbocycles. The zero-order chi connectivity index (χ0) is 18.7. The summed E-state index contributed by atoms with van der Waals surface area (Å²) in [6, 6.07) is 13.9. The Morgan fingerprint density at radius 3 is 2.50 bits per heavy atom. The van der Waals surface area contributed by atoms with Crippen molar-refractivity contribution >= 4 is 23.4 Å². The third-order valence-electron chi connectivity index (χ3n) is 4.28. The number of rotatable bonds is 5. The molecule has 3 aromatic rings. The lowest BCUT2D eigenvalue weighted by atomic mass is 10.1. The van der Waals surface area contributed by atoms with Crippen molar-refractivity contribution in [3.63, 3.8) is 0 Å². The van der Waals surface area contributed by atoms with Gasteiger partial charge in [0.1, 0.15) is 5.82 Å². The molecule has 1 N–H and O–H groups in total. The molecule has 1 amide bonds. The molecule has 1 heterocycles. The van der Waals surface area contributed by atoms with E-state index in [9.17, 15) is 4.79 Å². The van der Waals surface area contributed by atoms with Crippen LogP contribution in [0, 0.1) is 27.7 Å². The first kappa shape index (κ1) is 18.2. The van der Waals surface area contributed by atoms with Gasteiger partial charge in [0.25, 0.3) is 0 Å². The van der Waals surface area contributed by atoms with E-state index < -0.39 is 0 Å². The van der Waals surface area contributed by atoms with Gasteiger partial charge in [-0.05, 0) is 57.0 Å². The summed E-state index contributed by atoms with van der Waals surface area (Å²) in [7, 11) is 0. The summed E-state index contributed by atoms with van der Waals surface area (Å²) >= 11 is 1.39. The monoisotopic (exact) mass is 366 g/mol. The van der Waals surface area contributed by atoms with Crippen LogP contribution >= 0.6 is 11.8 Å². The number of anilines is 1. The molecule has 0 unspecified atom stereocenters. The van der Waals surface area contributed by atoms with Crippen molar-refractivity contribution < 1.29 is 4.79 Å². The quantitative estimate of drug-likeness (QED) is 0.687. The Balaban J connectivity index is 1.74. The van der Waals surface area contributed by atoms with E-state index in [-0.39, 0.29) is 11.7 Å². The number of amides is 1.